The van der Waals surface area contributed by atoms with Crippen molar-refractivity contribution in [2.45, 2.75) is 44.6 Å². The number of hydrogen-bond donors (Lipinski definition) is 1. The second-order valence-electron chi connectivity index (χ2n) is 6.34. The standard InChI is InChI=1S/C17H25NO/c1-14-7-2-3-9-16(14)17(19)10-6-8-15(17)13-18-11-4-5-12-18/h2-3,7,9,15,19H,4-6,8,10-13H2,1H3. The van der Waals surface area contributed by atoms with Gasteiger partial charge in [0.2, 0.25) is 0 Å². The van der Waals surface area contributed by atoms with Gasteiger partial charge in [-0.1, -0.05) is 24.3 Å². The van der Waals surface area contributed by atoms with Crippen LogP contribution in [0.5, 0.6) is 0 Å². The lowest BCUT2D eigenvalue weighted by Gasteiger charge is -2.34. The Kier molecular flexibility index (Phi) is 3.64. The van der Waals surface area contributed by atoms with E-state index < -0.39 is 5.60 Å². The van der Waals surface area contributed by atoms with Crippen LogP contribution in [-0.4, -0.2) is 29.6 Å². The summed E-state index contributed by atoms with van der Waals surface area (Å²) in [5.41, 5.74) is 1.81. The van der Waals surface area contributed by atoms with Crippen LogP contribution in [0, 0.1) is 12.8 Å². The van der Waals surface area contributed by atoms with Gasteiger partial charge >= 0.3 is 0 Å². The number of hydrogen-bond acceptors (Lipinski definition) is 2. The fourth-order valence-electron chi connectivity index (χ4n) is 3.99. The molecule has 2 aliphatic rings. The largest absolute Gasteiger partial charge is 0.385 e. The van der Waals surface area contributed by atoms with Gasteiger partial charge in [0, 0.05) is 12.5 Å². The first-order valence-corrected chi connectivity index (χ1v) is 7.71. The van der Waals surface area contributed by atoms with Crippen molar-refractivity contribution in [3.05, 3.63) is 35.4 Å². The molecule has 1 aliphatic heterocycles. The molecule has 2 heteroatoms. The minimum Gasteiger partial charge on any atom is -0.385 e. The van der Waals surface area contributed by atoms with E-state index in [0.717, 1.165) is 24.9 Å². The van der Waals surface area contributed by atoms with E-state index in [2.05, 4.69) is 36.1 Å². The molecule has 2 fully saturated rings. The number of benzene rings is 1. The SMILES string of the molecule is Cc1ccccc1C1(O)CCCC1CN1CCCC1. The minimum absolute atomic E-state index is 0.409. The van der Waals surface area contributed by atoms with Gasteiger partial charge < -0.3 is 10.0 Å². The zero-order valence-corrected chi connectivity index (χ0v) is 11.9. The Hall–Kier alpha value is -0.860. The van der Waals surface area contributed by atoms with E-state index >= 15 is 0 Å². The third-order valence-electron chi connectivity index (χ3n) is 5.07. The molecular weight excluding hydrogens is 234 g/mol. The summed E-state index contributed by atoms with van der Waals surface area (Å²) in [7, 11) is 0. The normalized spacial score (nSPS) is 32.0. The van der Waals surface area contributed by atoms with Crippen LogP contribution in [0.4, 0.5) is 0 Å². The molecule has 2 nitrogen and oxygen atoms in total. The van der Waals surface area contributed by atoms with Crippen molar-refractivity contribution in [2.24, 2.45) is 5.92 Å². The van der Waals surface area contributed by atoms with Crippen molar-refractivity contribution in [3.63, 3.8) is 0 Å². The van der Waals surface area contributed by atoms with Crippen LogP contribution in [-0.2, 0) is 5.60 Å². The molecule has 1 saturated heterocycles. The first-order valence-electron chi connectivity index (χ1n) is 7.71. The Morgan fingerprint density at radius 1 is 1.21 bits per heavy atom. The predicted molar refractivity (Wildman–Crippen MR) is 78.1 cm³/mol. The molecule has 1 heterocycles. The van der Waals surface area contributed by atoms with Crippen LogP contribution in [0.2, 0.25) is 0 Å². The highest BCUT2D eigenvalue weighted by Crippen LogP contribution is 2.45. The van der Waals surface area contributed by atoms with Gasteiger partial charge in [0.05, 0.1) is 5.60 Å². The highest BCUT2D eigenvalue weighted by molar-refractivity contribution is 5.33. The van der Waals surface area contributed by atoms with Gasteiger partial charge in [-0.15, -0.1) is 0 Å². The van der Waals surface area contributed by atoms with Crippen molar-refractivity contribution >= 4 is 0 Å². The molecule has 1 aromatic carbocycles. The van der Waals surface area contributed by atoms with Gasteiger partial charge in [-0.3, -0.25) is 0 Å². The highest BCUT2D eigenvalue weighted by atomic mass is 16.3. The van der Waals surface area contributed by atoms with Crippen molar-refractivity contribution in [1.82, 2.24) is 4.90 Å². The zero-order valence-electron chi connectivity index (χ0n) is 11.9. The molecule has 1 aromatic rings. The van der Waals surface area contributed by atoms with Gasteiger partial charge in [0.1, 0.15) is 0 Å². The summed E-state index contributed by atoms with van der Waals surface area (Å²) >= 11 is 0. The van der Waals surface area contributed by atoms with E-state index in [-0.39, 0.29) is 0 Å². The molecule has 1 saturated carbocycles. The third kappa shape index (κ3) is 2.44. The average Bonchev–Trinajstić information content (AvgIpc) is 3.02. The molecule has 3 rings (SSSR count). The summed E-state index contributed by atoms with van der Waals surface area (Å²) in [4.78, 5) is 2.54. The fourth-order valence-corrected chi connectivity index (χ4v) is 3.99. The van der Waals surface area contributed by atoms with Crippen molar-refractivity contribution in [1.29, 1.82) is 0 Å². The fraction of sp³-hybridized carbons (Fsp3) is 0.647. The van der Waals surface area contributed by atoms with Gasteiger partial charge in [0.25, 0.3) is 0 Å². The molecule has 0 amide bonds. The quantitative estimate of drug-likeness (QED) is 0.901. The van der Waals surface area contributed by atoms with Gasteiger partial charge in [-0.05, 0) is 63.2 Å². The minimum atomic E-state index is -0.589. The van der Waals surface area contributed by atoms with Crippen LogP contribution in [0.1, 0.15) is 43.2 Å². The number of rotatable bonds is 3. The zero-order chi connectivity index (χ0) is 13.3. The van der Waals surface area contributed by atoms with E-state index in [9.17, 15) is 5.11 Å². The third-order valence-corrected chi connectivity index (χ3v) is 5.07. The molecule has 2 atom stereocenters. The highest BCUT2D eigenvalue weighted by Gasteiger charge is 2.43. The van der Waals surface area contributed by atoms with E-state index in [1.54, 1.807) is 0 Å². The molecule has 1 N–H and O–H groups in total. The number of aryl methyl sites for hydroxylation is 1. The first kappa shape index (κ1) is 13.1. The number of aliphatic hydroxyl groups is 1. The predicted octanol–water partition coefficient (Wildman–Crippen LogP) is 3.08. The molecule has 0 bridgehead atoms. The van der Waals surface area contributed by atoms with Gasteiger partial charge in [-0.25, -0.2) is 0 Å². The second-order valence-corrected chi connectivity index (χ2v) is 6.34. The monoisotopic (exact) mass is 259 g/mol. The van der Waals surface area contributed by atoms with Gasteiger partial charge in [0.15, 0.2) is 0 Å². The molecule has 104 valence electrons. The van der Waals surface area contributed by atoms with E-state index in [0.29, 0.717) is 5.92 Å². The summed E-state index contributed by atoms with van der Waals surface area (Å²) < 4.78 is 0. The Labute approximate surface area is 116 Å². The van der Waals surface area contributed by atoms with E-state index in [1.165, 1.54) is 37.9 Å². The molecule has 19 heavy (non-hydrogen) atoms. The van der Waals surface area contributed by atoms with Crippen molar-refractivity contribution in [3.8, 4) is 0 Å². The molecule has 1 aliphatic carbocycles. The van der Waals surface area contributed by atoms with Crippen molar-refractivity contribution in [2.75, 3.05) is 19.6 Å². The lowest BCUT2D eigenvalue weighted by Crippen LogP contribution is -2.38. The smallest absolute Gasteiger partial charge is 0.0939 e. The Balaban J connectivity index is 1.82. The summed E-state index contributed by atoms with van der Waals surface area (Å²) in [6.07, 6.45) is 5.91. The van der Waals surface area contributed by atoms with Crippen LogP contribution < -0.4 is 0 Å². The van der Waals surface area contributed by atoms with Crippen LogP contribution in [0.25, 0.3) is 0 Å². The van der Waals surface area contributed by atoms with E-state index in [4.69, 9.17) is 0 Å². The lowest BCUT2D eigenvalue weighted by molar-refractivity contribution is -0.0140. The van der Waals surface area contributed by atoms with Crippen LogP contribution >= 0.6 is 0 Å². The maximum atomic E-state index is 11.2. The van der Waals surface area contributed by atoms with Gasteiger partial charge in [-0.2, -0.15) is 0 Å². The van der Waals surface area contributed by atoms with Crippen molar-refractivity contribution < 1.29 is 5.11 Å². The number of nitrogens with zero attached hydrogens (tertiary/aromatic N) is 1. The Morgan fingerprint density at radius 3 is 2.68 bits per heavy atom. The Morgan fingerprint density at radius 2 is 1.95 bits per heavy atom. The number of likely N-dealkylation sites (tertiary alicyclic amines) is 1. The topological polar surface area (TPSA) is 23.5 Å². The maximum absolute atomic E-state index is 11.2. The second kappa shape index (κ2) is 5.26. The summed E-state index contributed by atoms with van der Waals surface area (Å²) in [5.74, 6) is 0.409. The van der Waals surface area contributed by atoms with Crippen LogP contribution in [0.3, 0.4) is 0 Å². The maximum Gasteiger partial charge on any atom is 0.0939 e. The average molecular weight is 259 g/mol. The lowest BCUT2D eigenvalue weighted by atomic mass is 9.81. The first-order chi connectivity index (χ1) is 9.20. The summed E-state index contributed by atoms with van der Waals surface area (Å²) in [6, 6.07) is 8.37. The molecule has 0 spiro atoms. The summed E-state index contributed by atoms with van der Waals surface area (Å²) in [5, 5.41) is 11.2. The van der Waals surface area contributed by atoms with Crippen LogP contribution in [0.15, 0.2) is 24.3 Å². The molecule has 0 radical (unpaired) electrons. The molecule has 0 aromatic heterocycles. The summed E-state index contributed by atoms with van der Waals surface area (Å²) in [6.45, 7) is 5.64. The van der Waals surface area contributed by atoms with E-state index in [1.807, 2.05) is 0 Å². The molecular formula is C17H25NO. The Bertz CT molecular complexity index is 439. The molecule has 2 unspecified atom stereocenters.